The van der Waals surface area contributed by atoms with Crippen LogP contribution in [0.4, 0.5) is 0 Å². The van der Waals surface area contributed by atoms with Gasteiger partial charge >= 0.3 is 0 Å². The third-order valence-electron chi connectivity index (χ3n) is 1.87. The molecule has 5 heteroatoms. The third kappa shape index (κ3) is 11.4. The predicted octanol–water partition coefficient (Wildman–Crippen LogP) is -0.192. The highest BCUT2D eigenvalue weighted by atomic mass is 16.5. The van der Waals surface area contributed by atoms with E-state index < -0.39 is 5.54 Å². The number of likely N-dealkylation sites (N-methyl/N-ethyl adjacent to an activating group) is 1. The van der Waals surface area contributed by atoms with Gasteiger partial charge in [0.2, 0.25) is 5.91 Å². The quantitative estimate of drug-likeness (QED) is 0.568. The molecule has 0 aromatic rings. The van der Waals surface area contributed by atoms with Crippen LogP contribution in [0.2, 0.25) is 0 Å². The minimum atomic E-state index is -0.449. The van der Waals surface area contributed by atoms with E-state index in [-0.39, 0.29) is 5.91 Å². The summed E-state index contributed by atoms with van der Waals surface area (Å²) in [6.07, 6.45) is 0.338. The van der Waals surface area contributed by atoms with Crippen molar-refractivity contribution in [1.29, 1.82) is 0 Å². The molecular weight excluding hydrogens is 206 g/mol. The Morgan fingerprint density at radius 1 is 1.38 bits per heavy atom. The summed E-state index contributed by atoms with van der Waals surface area (Å²) in [6.45, 7) is 6.34. The molecule has 0 bridgehead atoms. The van der Waals surface area contributed by atoms with Crippen LogP contribution in [0.25, 0.3) is 0 Å². The van der Waals surface area contributed by atoms with Gasteiger partial charge in [0.25, 0.3) is 0 Å². The van der Waals surface area contributed by atoms with Crippen LogP contribution in [0, 0.1) is 0 Å². The minimum absolute atomic E-state index is 0.0243. The molecule has 0 aliphatic rings. The van der Waals surface area contributed by atoms with Crippen molar-refractivity contribution >= 4 is 5.91 Å². The van der Waals surface area contributed by atoms with E-state index in [0.717, 1.165) is 6.54 Å². The maximum absolute atomic E-state index is 11.3. The summed E-state index contributed by atoms with van der Waals surface area (Å²) in [5.74, 6) is -0.0243. The van der Waals surface area contributed by atoms with Crippen LogP contribution in [0.5, 0.6) is 0 Å². The zero-order chi connectivity index (χ0) is 12.6. The van der Waals surface area contributed by atoms with Crippen molar-refractivity contribution in [3.8, 4) is 0 Å². The molecule has 0 heterocycles. The fourth-order valence-electron chi connectivity index (χ4n) is 1.09. The summed E-state index contributed by atoms with van der Waals surface area (Å²) < 4.78 is 5.34. The van der Waals surface area contributed by atoms with Crippen LogP contribution in [0.15, 0.2) is 0 Å². The standard InChI is InChI=1S/C11H25N3O2/c1-11(2,12)9-10(15)13-5-7-16-8-6-14(3)4/h5-9,12H2,1-4H3,(H,13,15). The number of carbonyl (C=O) groups is 1. The van der Waals surface area contributed by atoms with Crippen molar-refractivity contribution in [3.63, 3.8) is 0 Å². The lowest BCUT2D eigenvalue weighted by Crippen LogP contribution is -2.39. The van der Waals surface area contributed by atoms with E-state index in [2.05, 4.69) is 10.2 Å². The Bertz CT molecular complexity index is 200. The van der Waals surface area contributed by atoms with Gasteiger partial charge in [-0.15, -0.1) is 0 Å². The van der Waals surface area contributed by atoms with E-state index in [1.54, 1.807) is 0 Å². The molecule has 3 N–H and O–H groups in total. The largest absolute Gasteiger partial charge is 0.378 e. The molecular formula is C11H25N3O2. The lowest BCUT2D eigenvalue weighted by molar-refractivity contribution is -0.122. The Morgan fingerprint density at radius 3 is 2.50 bits per heavy atom. The van der Waals surface area contributed by atoms with E-state index in [9.17, 15) is 4.79 Å². The summed E-state index contributed by atoms with van der Waals surface area (Å²) >= 11 is 0. The Kier molecular flexibility index (Phi) is 7.29. The molecule has 0 saturated heterocycles. The average Bonchev–Trinajstić information content (AvgIpc) is 2.07. The van der Waals surface area contributed by atoms with Crippen molar-refractivity contribution < 1.29 is 9.53 Å². The summed E-state index contributed by atoms with van der Waals surface area (Å²) in [6, 6.07) is 0. The number of hydrogen-bond acceptors (Lipinski definition) is 4. The fourth-order valence-corrected chi connectivity index (χ4v) is 1.09. The number of carbonyl (C=O) groups excluding carboxylic acids is 1. The molecule has 0 aromatic carbocycles. The number of nitrogens with one attached hydrogen (secondary N) is 1. The van der Waals surface area contributed by atoms with E-state index in [4.69, 9.17) is 10.5 Å². The Hall–Kier alpha value is -0.650. The monoisotopic (exact) mass is 231 g/mol. The van der Waals surface area contributed by atoms with Gasteiger partial charge in [-0.05, 0) is 27.9 Å². The van der Waals surface area contributed by atoms with Crippen molar-refractivity contribution in [3.05, 3.63) is 0 Å². The highest BCUT2D eigenvalue weighted by Gasteiger charge is 2.15. The van der Waals surface area contributed by atoms with E-state index in [1.807, 2.05) is 27.9 Å². The molecule has 96 valence electrons. The van der Waals surface area contributed by atoms with E-state index >= 15 is 0 Å². The number of rotatable bonds is 8. The normalized spacial score (nSPS) is 11.9. The van der Waals surface area contributed by atoms with E-state index in [0.29, 0.717) is 26.2 Å². The predicted molar refractivity (Wildman–Crippen MR) is 65.3 cm³/mol. The first kappa shape index (κ1) is 15.3. The second kappa shape index (κ2) is 7.60. The maximum Gasteiger partial charge on any atom is 0.221 e. The molecule has 0 saturated carbocycles. The highest BCUT2D eigenvalue weighted by Crippen LogP contribution is 2.01. The molecule has 0 unspecified atom stereocenters. The summed E-state index contributed by atoms with van der Waals surface area (Å²) in [7, 11) is 3.99. The second-order valence-corrected chi connectivity index (χ2v) is 4.93. The lowest BCUT2D eigenvalue weighted by atomic mass is 10.0. The zero-order valence-electron chi connectivity index (χ0n) is 10.9. The fraction of sp³-hybridized carbons (Fsp3) is 0.909. The van der Waals surface area contributed by atoms with Crippen LogP contribution in [0.3, 0.4) is 0 Å². The van der Waals surface area contributed by atoms with Crippen LogP contribution in [0.1, 0.15) is 20.3 Å². The molecule has 1 amide bonds. The van der Waals surface area contributed by atoms with Gasteiger partial charge in [-0.25, -0.2) is 0 Å². The van der Waals surface area contributed by atoms with Gasteiger partial charge in [-0.3, -0.25) is 4.79 Å². The molecule has 0 rings (SSSR count). The maximum atomic E-state index is 11.3. The smallest absolute Gasteiger partial charge is 0.221 e. The molecule has 0 aliphatic heterocycles. The highest BCUT2D eigenvalue weighted by molar-refractivity contribution is 5.76. The van der Waals surface area contributed by atoms with Crippen molar-refractivity contribution in [2.24, 2.45) is 5.73 Å². The molecule has 0 fully saturated rings. The Morgan fingerprint density at radius 2 is 2.00 bits per heavy atom. The molecule has 0 atom stereocenters. The van der Waals surface area contributed by atoms with Crippen molar-refractivity contribution in [2.45, 2.75) is 25.8 Å². The topological polar surface area (TPSA) is 67.6 Å². The SMILES string of the molecule is CN(C)CCOCCNC(=O)CC(C)(C)N. The van der Waals surface area contributed by atoms with E-state index in [1.165, 1.54) is 0 Å². The third-order valence-corrected chi connectivity index (χ3v) is 1.87. The first-order valence-corrected chi connectivity index (χ1v) is 5.59. The van der Waals surface area contributed by atoms with Gasteiger partial charge in [0.15, 0.2) is 0 Å². The summed E-state index contributed by atoms with van der Waals surface area (Å²) in [5.41, 5.74) is 5.28. The first-order valence-electron chi connectivity index (χ1n) is 5.59. The van der Waals surface area contributed by atoms with Crippen LogP contribution < -0.4 is 11.1 Å². The van der Waals surface area contributed by atoms with Gasteiger partial charge in [0, 0.05) is 25.0 Å². The van der Waals surface area contributed by atoms with Gasteiger partial charge in [0.05, 0.1) is 13.2 Å². The van der Waals surface area contributed by atoms with Crippen molar-refractivity contribution in [1.82, 2.24) is 10.2 Å². The molecule has 16 heavy (non-hydrogen) atoms. The van der Waals surface area contributed by atoms with Crippen molar-refractivity contribution in [2.75, 3.05) is 40.4 Å². The lowest BCUT2D eigenvalue weighted by Gasteiger charge is -2.17. The molecule has 0 spiro atoms. The second-order valence-electron chi connectivity index (χ2n) is 4.93. The molecule has 0 aromatic heterocycles. The summed E-state index contributed by atoms with van der Waals surface area (Å²) in [4.78, 5) is 13.4. The number of amides is 1. The van der Waals surface area contributed by atoms with Gasteiger partial charge < -0.3 is 20.7 Å². The first-order chi connectivity index (χ1) is 7.31. The van der Waals surface area contributed by atoms with Crippen LogP contribution in [-0.4, -0.2) is 56.7 Å². The van der Waals surface area contributed by atoms with Crippen LogP contribution in [-0.2, 0) is 9.53 Å². The van der Waals surface area contributed by atoms with Gasteiger partial charge in [0.1, 0.15) is 0 Å². The number of nitrogens with two attached hydrogens (primary N) is 1. The number of nitrogens with zero attached hydrogens (tertiary/aromatic N) is 1. The Labute approximate surface area is 98.3 Å². The molecule has 5 nitrogen and oxygen atoms in total. The summed E-state index contributed by atoms with van der Waals surface area (Å²) in [5, 5.41) is 2.77. The minimum Gasteiger partial charge on any atom is -0.378 e. The van der Waals surface area contributed by atoms with Gasteiger partial charge in [-0.2, -0.15) is 0 Å². The molecule has 0 aliphatic carbocycles. The average molecular weight is 231 g/mol. The van der Waals surface area contributed by atoms with Crippen LogP contribution >= 0.6 is 0 Å². The zero-order valence-corrected chi connectivity index (χ0v) is 10.9. The number of ether oxygens (including phenoxy) is 1. The molecule has 0 radical (unpaired) electrons. The Balaban J connectivity index is 3.35. The number of hydrogen-bond donors (Lipinski definition) is 2. The van der Waals surface area contributed by atoms with Gasteiger partial charge in [-0.1, -0.05) is 0 Å².